The van der Waals surface area contributed by atoms with Gasteiger partial charge >= 0.3 is 0 Å². The molecule has 0 atom stereocenters. The minimum Gasteiger partial charge on any atom is -0.494 e. The van der Waals surface area contributed by atoms with Crippen LogP contribution in [0.15, 0.2) is 42.5 Å². The molecule has 4 nitrogen and oxygen atoms in total. The molecule has 0 saturated carbocycles. The summed E-state index contributed by atoms with van der Waals surface area (Å²) in [6.07, 6.45) is 12.3. The van der Waals surface area contributed by atoms with Gasteiger partial charge in [0, 0.05) is 13.2 Å². The summed E-state index contributed by atoms with van der Waals surface area (Å²) < 4.78 is 11.7. The normalized spacial score (nSPS) is 11.2. The van der Waals surface area contributed by atoms with Gasteiger partial charge in [0.2, 0.25) is 0 Å². The molecule has 0 aromatic heterocycles. The number of hydrogen-bond acceptors (Lipinski definition) is 4. The standard InChI is InChI=1S/C27H38O4/c1-23-22-25(14-17-27(23)31-21-9-5-3-7-19-29)11-10-24-12-15-26(16-13-24)30-20-8-4-2-6-18-28/h10-17,22,28-29H,2-9,18-21H2,1H3/b11-10-. The van der Waals surface area contributed by atoms with Crippen molar-refractivity contribution < 1.29 is 19.7 Å². The maximum Gasteiger partial charge on any atom is 0.122 e. The fourth-order valence-electron chi connectivity index (χ4n) is 3.31. The molecule has 0 amide bonds. The van der Waals surface area contributed by atoms with E-state index in [4.69, 9.17) is 19.7 Å². The minimum absolute atomic E-state index is 0.277. The third-order valence-electron chi connectivity index (χ3n) is 5.18. The van der Waals surface area contributed by atoms with Gasteiger partial charge < -0.3 is 19.7 Å². The minimum atomic E-state index is 0.277. The summed E-state index contributed by atoms with van der Waals surface area (Å²) in [5.74, 6) is 1.84. The largest absolute Gasteiger partial charge is 0.494 e. The second kappa shape index (κ2) is 15.5. The van der Waals surface area contributed by atoms with E-state index in [1.165, 1.54) is 0 Å². The molecule has 0 unspecified atom stereocenters. The van der Waals surface area contributed by atoms with E-state index in [-0.39, 0.29) is 13.2 Å². The Labute approximate surface area is 187 Å². The van der Waals surface area contributed by atoms with Crippen LogP contribution in [-0.2, 0) is 0 Å². The lowest BCUT2D eigenvalue weighted by molar-refractivity contribution is 0.273. The fourth-order valence-corrected chi connectivity index (χ4v) is 3.31. The number of hydrogen-bond donors (Lipinski definition) is 2. The zero-order valence-corrected chi connectivity index (χ0v) is 18.9. The van der Waals surface area contributed by atoms with Crippen molar-refractivity contribution in [2.45, 2.75) is 58.3 Å². The predicted octanol–water partition coefficient (Wildman–Crippen LogP) is 6.03. The van der Waals surface area contributed by atoms with Crippen LogP contribution in [0.5, 0.6) is 11.5 Å². The smallest absolute Gasteiger partial charge is 0.122 e. The highest BCUT2D eigenvalue weighted by Gasteiger charge is 2.01. The van der Waals surface area contributed by atoms with Gasteiger partial charge in [-0.1, -0.05) is 43.2 Å². The third-order valence-corrected chi connectivity index (χ3v) is 5.18. The molecule has 0 aliphatic carbocycles. The maximum absolute atomic E-state index is 8.81. The predicted molar refractivity (Wildman–Crippen MR) is 129 cm³/mol. The molecule has 2 rings (SSSR count). The Balaban J connectivity index is 1.75. The van der Waals surface area contributed by atoms with Crippen molar-refractivity contribution >= 4 is 12.2 Å². The van der Waals surface area contributed by atoms with Gasteiger partial charge in [0.25, 0.3) is 0 Å². The molecule has 170 valence electrons. The first-order valence-electron chi connectivity index (χ1n) is 11.6. The Kier molecular flexibility index (Phi) is 12.5. The molecule has 0 heterocycles. The van der Waals surface area contributed by atoms with E-state index in [2.05, 4.69) is 43.3 Å². The molecule has 2 N–H and O–H groups in total. The molecule has 0 aliphatic rings. The average molecular weight is 427 g/mol. The summed E-state index contributed by atoms with van der Waals surface area (Å²) in [5.41, 5.74) is 3.42. The van der Waals surface area contributed by atoms with Crippen LogP contribution in [0.1, 0.15) is 68.1 Å². The van der Waals surface area contributed by atoms with Crippen LogP contribution in [-0.4, -0.2) is 36.6 Å². The van der Waals surface area contributed by atoms with Gasteiger partial charge in [-0.25, -0.2) is 0 Å². The van der Waals surface area contributed by atoms with Crippen LogP contribution in [0.25, 0.3) is 12.2 Å². The van der Waals surface area contributed by atoms with Gasteiger partial charge in [0.05, 0.1) is 13.2 Å². The summed E-state index contributed by atoms with van der Waals surface area (Å²) >= 11 is 0. The summed E-state index contributed by atoms with van der Waals surface area (Å²) in [6, 6.07) is 14.4. The van der Waals surface area contributed by atoms with E-state index in [1.54, 1.807) is 0 Å². The van der Waals surface area contributed by atoms with Crippen molar-refractivity contribution in [2.24, 2.45) is 0 Å². The van der Waals surface area contributed by atoms with Crippen LogP contribution in [0.2, 0.25) is 0 Å². The van der Waals surface area contributed by atoms with Crippen molar-refractivity contribution in [3.8, 4) is 11.5 Å². The fraction of sp³-hybridized carbons (Fsp3) is 0.481. The zero-order valence-electron chi connectivity index (χ0n) is 18.9. The van der Waals surface area contributed by atoms with Crippen molar-refractivity contribution in [1.82, 2.24) is 0 Å². The Morgan fingerprint density at radius 1 is 0.645 bits per heavy atom. The molecule has 31 heavy (non-hydrogen) atoms. The van der Waals surface area contributed by atoms with Gasteiger partial charge in [-0.3, -0.25) is 0 Å². The molecule has 0 bridgehead atoms. The second-order valence-corrected chi connectivity index (χ2v) is 7.90. The summed E-state index contributed by atoms with van der Waals surface area (Å²) in [7, 11) is 0. The number of unbranched alkanes of at least 4 members (excludes halogenated alkanes) is 6. The van der Waals surface area contributed by atoms with Crippen LogP contribution in [0.3, 0.4) is 0 Å². The SMILES string of the molecule is Cc1cc(/C=C\c2ccc(OCCCCCCO)cc2)ccc1OCCCCCCO. The van der Waals surface area contributed by atoms with Crippen molar-refractivity contribution in [3.05, 3.63) is 59.2 Å². The van der Waals surface area contributed by atoms with E-state index in [9.17, 15) is 0 Å². The van der Waals surface area contributed by atoms with Gasteiger partial charge in [0.15, 0.2) is 0 Å². The van der Waals surface area contributed by atoms with Gasteiger partial charge in [0.1, 0.15) is 11.5 Å². The first-order valence-corrected chi connectivity index (χ1v) is 11.6. The Morgan fingerprint density at radius 2 is 1.19 bits per heavy atom. The molecule has 4 heteroatoms. The summed E-state index contributed by atoms with van der Waals surface area (Å²) in [5, 5.41) is 17.6. The number of aliphatic hydroxyl groups is 2. The lowest BCUT2D eigenvalue weighted by Crippen LogP contribution is -1.99. The lowest BCUT2D eigenvalue weighted by atomic mass is 10.1. The van der Waals surface area contributed by atoms with Crippen LogP contribution < -0.4 is 9.47 Å². The molecular formula is C27H38O4. The molecule has 0 radical (unpaired) electrons. The number of aliphatic hydroxyl groups excluding tert-OH is 2. The highest BCUT2D eigenvalue weighted by Crippen LogP contribution is 2.21. The monoisotopic (exact) mass is 426 g/mol. The van der Waals surface area contributed by atoms with Crippen LogP contribution >= 0.6 is 0 Å². The lowest BCUT2D eigenvalue weighted by Gasteiger charge is -2.10. The van der Waals surface area contributed by atoms with Crippen LogP contribution in [0, 0.1) is 6.92 Å². The highest BCUT2D eigenvalue weighted by molar-refractivity contribution is 5.70. The first kappa shape index (κ1) is 25.0. The Hall–Kier alpha value is -2.30. The Morgan fingerprint density at radius 3 is 1.81 bits per heavy atom. The van der Waals surface area contributed by atoms with Crippen molar-refractivity contribution in [1.29, 1.82) is 0 Å². The maximum atomic E-state index is 8.81. The topological polar surface area (TPSA) is 58.9 Å². The van der Waals surface area contributed by atoms with Crippen molar-refractivity contribution in [3.63, 3.8) is 0 Å². The Bertz CT molecular complexity index is 752. The number of rotatable bonds is 16. The molecular weight excluding hydrogens is 388 g/mol. The second-order valence-electron chi connectivity index (χ2n) is 7.90. The van der Waals surface area contributed by atoms with Gasteiger partial charge in [-0.05, 0) is 86.4 Å². The number of benzene rings is 2. The summed E-state index contributed by atoms with van der Waals surface area (Å²) in [4.78, 5) is 0. The highest BCUT2D eigenvalue weighted by atomic mass is 16.5. The van der Waals surface area contributed by atoms with E-state index in [1.807, 2.05) is 18.2 Å². The van der Waals surface area contributed by atoms with E-state index in [0.29, 0.717) is 0 Å². The number of aryl methyl sites for hydroxylation is 1. The molecule has 0 spiro atoms. The van der Waals surface area contributed by atoms with E-state index in [0.717, 1.165) is 92.8 Å². The molecule has 0 saturated heterocycles. The summed E-state index contributed by atoms with van der Waals surface area (Å²) in [6.45, 7) is 4.07. The average Bonchev–Trinajstić information content (AvgIpc) is 2.79. The first-order chi connectivity index (χ1) is 15.2. The molecule has 0 fully saturated rings. The van der Waals surface area contributed by atoms with Gasteiger partial charge in [-0.2, -0.15) is 0 Å². The van der Waals surface area contributed by atoms with Crippen molar-refractivity contribution in [2.75, 3.05) is 26.4 Å². The molecule has 2 aromatic carbocycles. The van der Waals surface area contributed by atoms with E-state index < -0.39 is 0 Å². The molecule has 2 aromatic rings. The quantitative estimate of drug-likeness (QED) is 0.254. The zero-order chi connectivity index (χ0) is 22.2. The number of ether oxygens (including phenoxy) is 2. The van der Waals surface area contributed by atoms with Gasteiger partial charge in [-0.15, -0.1) is 0 Å². The third kappa shape index (κ3) is 10.5. The molecule has 0 aliphatic heterocycles. The van der Waals surface area contributed by atoms with Crippen LogP contribution in [0.4, 0.5) is 0 Å². The van der Waals surface area contributed by atoms with E-state index >= 15 is 0 Å².